The van der Waals surface area contributed by atoms with Crippen LogP contribution in [-0.4, -0.2) is 21.9 Å². The molecule has 5 nitrogen and oxygen atoms in total. The molecule has 7 heteroatoms. The molecule has 2 heterocycles. The van der Waals surface area contributed by atoms with Crippen molar-refractivity contribution >= 4 is 5.78 Å². The number of rotatable bonds is 0. The smallest absolute Gasteiger partial charge is 0.408 e. The van der Waals surface area contributed by atoms with Crippen molar-refractivity contribution in [2.45, 2.75) is 12.5 Å². The fourth-order valence-corrected chi connectivity index (χ4v) is 1.10. The molecule has 0 radical (unpaired) electrons. The molecule has 0 unspecified atom stereocenters. The van der Waals surface area contributed by atoms with Gasteiger partial charge in [0.1, 0.15) is 0 Å². The topological polar surface area (TPSA) is 72.0 Å². The van der Waals surface area contributed by atoms with Gasteiger partial charge in [-0.1, -0.05) is 0 Å². The van der Waals surface area contributed by atoms with Crippen LogP contribution in [0.4, 0.5) is 8.78 Å². The predicted molar refractivity (Wildman–Crippen MR) is 39.1 cm³/mol. The molecule has 1 aromatic rings. The Labute approximate surface area is 75.7 Å². The molecule has 0 aliphatic carbocycles. The van der Waals surface area contributed by atoms with Gasteiger partial charge in [0, 0.05) is 0 Å². The van der Waals surface area contributed by atoms with Crippen molar-refractivity contribution in [1.82, 2.24) is 9.97 Å². The number of H-pyrrole nitrogens is 1. The third kappa shape index (κ3) is 1.17. The van der Waals surface area contributed by atoms with Gasteiger partial charge in [-0.15, -0.1) is 0 Å². The van der Waals surface area contributed by atoms with Crippen LogP contribution in [0.1, 0.15) is 5.56 Å². The fraction of sp³-hybridized carbons (Fsp3) is 0.286. The molecule has 2 rings (SSSR count). The SMILES string of the molecule is O=C1Cc2c(nc[nH]c2=O)OC1(F)F. The highest BCUT2D eigenvalue weighted by molar-refractivity contribution is 5.88. The average molecular weight is 202 g/mol. The van der Waals surface area contributed by atoms with E-state index >= 15 is 0 Å². The van der Waals surface area contributed by atoms with E-state index < -0.39 is 29.8 Å². The van der Waals surface area contributed by atoms with E-state index in [1.807, 2.05) is 0 Å². The van der Waals surface area contributed by atoms with E-state index in [-0.39, 0.29) is 5.56 Å². The summed E-state index contributed by atoms with van der Waals surface area (Å²) in [6, 6.07) is 0. The Morgan fingerprint density at radius 3 is 2.93 bits per heavy atom. The number of ether oxygens (including phenoxy) is 1. The Hall–Kier alpha value is -1.79. The Morgan fingerprint density at radius 1 is 1.50 bits per heavy atom. The minimum Gasteiger partial charge on any atom is -0.408 e. The molecule has 0 atom stereocenters. The van der Waals surface area contributed by atoms with Crippen molar-refractivity contribution in [3.63, 3.8) is 0 Å². The molecule has 1 aromatic heterocycles. The van der Waals surface area contributed by atoms with E-state index in [4.69, 9.17) is 0 Å². The summed E-state index contributed by atoms with van der Waals surface area (Å²) < 4.78 is 29.4. The van der Waals surface area contributed by atoms with Gasteiger partial charge in [-0.2, -0.15) is 8.78 Å². The minimum absolute atomic E-state index is 0.163. The van der Waals surface area contributed by atoms with Crippen LogP contribution in [0.25, 0.3) is 0 Å². The van der Waals surface area contributed by atoms with Crippen molar-refractivity contribution in [3.05, 3.63) is 22.2 Å². The third-order valence-electron chi connectivity index (χ3n) is 1.80. The fourth-order valence-electron chi connectivity index (χ4n) is 1.10. The quantitative estimate of drug-likeness (QED) is 0.635. The standard InChI is InChI=1S/C7H4F2N2O3/c8-7(9)4(12)1-3-5(13)10-2-11-6(3)14-7/h2H,1H2,(H,10,11,13). The molecule has 0 spiro atoms. The van der Waals surface area contributed by atoms with E-state index in [1.54, 1.807) is 0 Å². The second kappa shape index (κ2) is 2.60. The van der Waals surface area contributed by atoms with Crippen LogP contribution in [-0.2, 0) is 11.2 Å². The number of ketones is 1. The summed E-state index contributed by atoms with van der Waals surface area (Å²) in [7, 11) is 0. The molecule has 14 heavy (non-hydrogen) atoms. The maximum absolute atomic E-state index is 12.7. The summed E-state index contributed by atoms with van der Waals surface area (Å²) in [6.07, 6.45) is -3.60. The highest BCUT2D eigenvalue weighted by atomic mass is 19.3. The number of hydrogen-bond acceptors (Lipinski definition) is 4. The minimum atomic E-state index is -3.88. The zero-order chi connectivity index (χ0) is 10.3. The van der Waals surface area contributed by atoms with Crippen LogP contribution in [0, 0.1) is 0 Å². The zero-order valence-electron chi connectivity index (χ0n) is 6.71. The second-order valence-electron chi connectivity index (χ2n) is 2.73. The van der Waals surface area contributed by atoms with Crippen LogP contribution in [0.5, 0.6) is 5.88 Å². The lowest BCUT2D eigenvalue weighted by atomic mass is 10.1. The van der Waals surface area contributed by atoms with Crippen molar-refractivity contribution < 1.29 is 18.3 Å². The van der Waals surface area contributed by atoms with Crippen LogP contribution in [0.15, 0.2) is 11.1 Å². The zero-order valence-corrected chi connectivity index (χ0v) is 6.71. The van der Waals surface area contributed by atoms with Crippen molar-refractivity contribution in [1.29, 1.82) is 0 Å². The van der Waals surface area contributed by atoms with Crippen LogP contribution in [0.3, 0.4) is 0 Å². The monoisotopic (exact) mass is 202 g/mol. The molecule has 0 saturated carbocycles. The average Bonchev–Trinajstić information content (AvgIpc) is 2.08. The van der Waals surface area contributed by atoms with E-state index in [0.717, 1.165) is 6.33 Å². The van der Waals surface area contributed by atoms with Crippen molar-refractivity contribution in [2.75, 3.05) is 0 Å². The number of aromatic nitrogens is 2. The van der Waals surface area contributed by atoms with Crippen LogP contribution >= 0.6 is 0 Å². The lowest BCUT2D eigenvalue weighted by Crippen LogP contribution is -2.42. The molecule has 1 aliphatic rings. The summed E-state index contributed by atoms with van der Waals surface area (Å²) >= 11 is 0. The maximum atomic E-state index is 12.7. The van der Waals surface area contributed by atoms with Crippen molar-refractivity contribution in [3.8, 4) is 5.88 Å². The summed E-state index contributed by atoms with van der Waals surface area (Å²) in [5.41, 5.74) is -0.803. The van der Waals surface area contributed by atoms with Gasteiger partial charge in [-0.3, -0.25) is 9.59 Å². The Kier molecular flexibility index (Phi) is 1.63. The van der Waals surface area contributed by atoms with Gasteiger partial charge in [-0.25, -0.2) is 4.98 Å². The Balaban J connectivity index is 2.56. The highest BCUT2D eigenvalue weighted by Crippen LogP contribution is 2.28. The number of halogens is 2. The number of alkyl halides is 2. The third-order valence-corrected chi connectivity index (χ3v) is 1.80. The largest absolute Gasteiger partial charge is 0.462 e. The number of nitrogens with one attached hydrogen (secondary N) is 1. The molecule has 0 bridgehead atoms. The number of hydrogen-bond donors (Lipinski definition) is 1. The summed E-state index contributed by atoms with van der Waals surface area (Å²) in [4.78, 5) is 27.4. The molecule has 0 fully saturated rings. The van der Waals surface area contributed by atoms with E-state index in [0.29, 0.717) is 0 Å². The second-order valence-corrected chi connectivity index (χ2v) is 2.73. The number of carbonyl (C=O) groups is 1. The lowest BCUT2D eigenvalue weighted by Gasteiger charge is -2.21. The summed E-state index contributed by atoms with van der Waals surface area (Å²) in [6.45, 7) is 0. The van der Waals surface area contributed by atoms with Crippen LogP contribution in [0.2, 0.25) is 0 Å². The number of aromatic amines is 1. The molecule has 0 saturated heterocycles. The maximum Gasteiger partial charge on any atom is 0.462 e. The van der Waals surface area contributed by atoms with Gasteiger partial charge < -0.3 is 9.72 Å². The first-order valence-electron chi connectivity index (χ1n) is 3.67. The van der Waals surface area contributed by atoms with Gasteiger partial charge >= 0.3 is 6.11 Å². The molecule has 1 N–H and O–H groups in total. The number of carbonyl (C=O) groups excluding carboxylic acids is 1. The molecule has 0 amide bonds. The van der Waals surface area contributed by atoms with E-state index in [2.05, 4.69) is 14.7 Å². The Bertz CT molecular complexity index is 454. The number of nitrogens with zero attached hydrogens (tertiary/aromatic N) is 1. The first-order valence-corrected chi connectivity index (χ1v) is 3.67. The normalized spacial score (nSPS) is 18.6. The predicted octanol–water partition coefficient (Wildman–Crippen LogP) is -0.133. The van der Waals surface area contributed by atoms with Crippen LogP contribution < -0.4 is 10.3 Å². The first kappa shape index (κ1) is 8.79. The lowest BCUT2D eigenvalue weighted by molar-refractivity contribution is -0.194. The summed E-state index contributed by atoms with van der Waals surface area (Å²) in [5.74, 6) is -1.93. The highest BCUT2D eigenvalue weighted by Gasteiger charge is 2.47. The van der Waals surface area contributed by atoms with Crippen molar-refractivity contribution in [2.24, 2.45) is 0 Å². The van der Waals surface area contributed by atoms with Gasteiger partial charge in [0.05, 0.1) is 18.3 Å². The molecule has 1 aliphatic heterocycles. The van der Waals surface area contributed by atoms with Gasteiger partial charge in [0.25, 0.3) is 5.56 Å². The molecular formula is C7H4F2N2O3. The van der Waals surface area contributed by atoms with E-state index in [1.165, 1.54) is 0 Å². The van der Waals surface area contributed by atoms with Gasteiger partial charge in [0.2, 0.25) is 11.7 Å². The molecule has 74 valence electrons. The van der Waals surface area contributed by atoms with Gasteiger partial charge in [0.15, 0.2) is 0 Å². The molecular weight excluding hydrogens is 198 g/mol. The number of Topliss-reactive ketones (excluding diaryl/α,β-unsaturated/α-hetero) is 1. The number of fused-ring (bicyclic) bond motifs is 1. The Morgan fingerprint density at radius 2 is 2.21 bits per heavy atom. The van der Waals surface area contributed by atoms with E-state index in [9.17, 15) is 18.4 Å². The van der Waals surface area contributed by atoms with Gasteiger partial charge in [-0.05, 0) is 0 Å². The first-order chi connectivity index (χ1) is 6.50. The summed E-state index contributed by atoms with van der Waals surface area (Å²) in [5, 5.41) is 0. The molecule has 0 aromatic carbocycles.